The highest BCUT2D eigenvalue weighted by atomic mass is 19.1. The van der Waals surface area contributed by atoms with E-state index in [0.717, 1.165) is 29.7 Å². The first kappa shape index (κ1) is 17.2. The Morgan fingerprint density at radius 1 is 0.929 bits per heavy atom. The zero-order valence-corrected chi connectivity index (χ0v) is 15.3. The van der Waals surface area contributed by atoms with Gasteiger partial charge in [0.1, 0.15) is 11.6 Å². The van der Waals surface area contributed by atoms with Crippen LogP contribution in [-0.2, 0) is 16.8 Å². The normalized spacial score (nSPS) is 19.9. The van der Waals surface area contributed by atoms with Gasteiger partial charge in [-0.05, 0) is 60.4 Å². The molecule has 5 heteroatoms. The lowest BCUT2D eigenvalue weighted by Crippen LogP contribution is -2.47. The summed E-state index contributed by atoms with van der Waals surface area (Å²) < 4.78 is 29.4. The van der Waals surface area contributed by atoms with E-state index in [1.807, 2.05) is 29.3 Å². The molecule has 0 spiro atoms. The van der Waals surface area contributed by atoms with E-state index in [1.165, 1.54) is 24.3 Å². The van der Waals surface area contributed by atoms with Gasteiger partial charge in [0.15, 0.2) is 0 Å². The molecule has 1 aromatic heterocycles. The maximum atomic E-state index is 13.8. The van der Waals surface area contributed by atoms with Crippen molar-refractivity contribution >= 4 is 5.91 Å². The Bertz CT molecular complexity index is 1040. The monoisotopic (exact) mass is 378 g/mol. The van der Waals surface area contributed by atoms with Gasteiger partial charge in [-0.25, -0.2) is 8.78 Å². The van der Waals surface area contributed by atoms with Gasteiger partial charge in [0.05, 0.1) is 11.5 Å². The molecule has 2 aromatic carbocycles. The molecular weight excluding hydrogens is 358 g/mol. The Morgan fingerprint density at radius 3 is 2.43 bits per heavy atom. The number of rotatable bonds is 3. The summed E-state index contributed by atoms with van der Waals surface area (Å²) in [6.07, 6.45) is 3.46. The fraction of sp³-hybridized carbons (Fsp3) is 0.261. The maximum absolute atomic E-state index is 13.8. The number of amides is 1. The fourth-order valence-electron chi connectivity index (χ4n) is 4.41. The zero-order chi connectivity index (χ0) is 19.3. The van der Waals surface area contributed by atoms with Gasteiger partial charge in [0, 0.05) is 25.0 Å². The molecule has 2 aliphatic rings. The molecule has 1 unspecified atom stereocenters. The van der Waals surface area contributed by atoms with Crippen LogP contribution >= 0.6 is 0 Å². The minimum absolute atomic E-state index is 0.0277. The number of hydrogen-bond acceptors (Lipinski definition) is 1. The number of fused-ring (bicyclic) bond motifs is 1. The first-order valence-corrected chi connectivity index (χ1v) is 9.56. The van der Waals surface area contributed by atoms with E-state index >= 15 is 0 Å². The molecule has 1 aliphatic carbocycles. The third-order valence-electron chi connectivity index (χ3n) is 6.02. The van der Waals surface area contributed by atoms with Crippen LogP contribution in [0.2, 0.25) is 0 Å². The van der Waals surface area contributed by atoms with E-state index in [2.05, 4.69) is 4.57 Å². The van der Waals surface area contributed by atoms with Gasteiger partial charge in [-0.3, -0.25) is 4.79 Å². The predicted octanol–water partition coefficient (Wildman–Crippen LogP) is 4.43. The molecule has 0 saturated heterocycles. The molecule has 3 nitrogen and oxygen atoms in total. The minimum atomic E-state index is -0.644. The Kier molecular flexibility index (Phi) is 3.86. The van der Waals surface area contributed by atoms with Gasteiger partial charge in [-0.15, -0.1) is 0 Å². The topological polar surface area (TPSA) is 25.2 Å². The summed E-state index contributed by atoms with van der Waals surface area (Å²) >= 11 is 0. The first-order valence-electron chi connectivity index (χ1n) is 9.56. The highest BCUT2D eigenvalue weighted by Gasteiger charge is 2.54. The molecule has 142 valence electrons. The average Bonchev–Trinajstić information content (AvgIpc) is 3.38. The van der Waals surface area contributed by atoms with Crippen molar-refractivity contribution in [3.8, 4) is 0 Å². The number of nitrogens with zero attached hydrogens (tertiary/aromatic N) is 2. The van der Waals surface area contributed by atoms with Crippen LogP contribution in [0.5, 0.6) is 0 Å². The summed E-state index contributed by atoms with van der Waals surface area (Å²) in [7, 11) is 0. The maximum Gasteiger partial charge on any atom is 0.234 e. The van der Waals surface area contributed by atoms with Gasteiger partial charge in [-0.1, -0.05) is 24.3 Å². The lowest BCUT2D eigenvalue weighted by Gasteiger charge is -2.39. The summed E-state index contributed by atoms with van der Waals surface area (Å²) in [4.78, 5) is 15.6. The summed E-state index contributed by atoms with van der Waals surface area (Å²) in [6.45, 7) is 1.28. The van der Waals surface area contributed by atoms with E-state index in [1.54, 1.807) is 18.2 Å². The van der Waals surface area contributed by atoms with Crippen LogP contribution in [-0.4, -0.2) is 21.9 Å². The molecule has 3 aromatic rings. The number of benzene rings is 2. The number of carbonyl (C=O) groups excluding carboxylic acids is 1. The van der Waals surface area contributed by atoms with Gasteiger partial charge in [-0.2, -0.15) is 0 Å². The van der Waals surface area contributed by atoms with Crippen LogP contribution in [0.4, 0.5) is 8.78 Å². The first-order chi connectivity index (χ1) is 13.6. The molecule has 5 rings (SSSR count). The van der Waals surface area contributed by atoms with Crippen LogP contribution in [0.25, 0.3) is 0 Å². The standard InChI is InChI=1S/C23H20F2N2O/c24-18-8-6-16(7-9-18)21-20-5-2-12-26(20)13-14-27(21)22(28)23(10-11-23)17-3-1-4-19(25)15-17/h1-9,12,15,21H,10-11,13-14H2. The van der Waals surface area contributed by atoms with Crippen molar-refractivity contribution in [2.45, 2.75) is 30.8 Å². The van der Waals surface area contributed by atoms with Gasteiger partial charge >= 0.3 is 0 Å². The third kappa shape index (κ3) is 2.65. The third-order valence-corrected chi connectivity index (χ3v) is 6.02. The smallest absolute Gasteiger partial charge is 0.234 e. The second-order valence-electron chi connectivity index (χ2n) is 7.67. The Balaban J connectivity index is 1.56. The second kappa shape index (κ2) is 6.30. The minimum Gasteiger partial charge on any atom is -0.348 e. The molecule has 1 fully saturated rings. The molecule has 1 saturated carbocycles. The molecule has 1 aliphatic heterocycles. The van der Waals surface area contributed by atoms with Crippen LogP contribution in [0, 0.1) is 11.6 Å². The Labute approximate surface area is 162 Å². The van der Waals surface area contributed by atoms with E-state index in [9.17, 15) is 13.6 Å². The molecule has 0 bridgehead atoms. The van der Waals surface area contributed by atoms with Crippen molar-refractivity contribution in [1.82, 2.24) is 9.47 Å². The van der Waals surface area contributed by atoms with Crippen molar-refractivity contribution in [3.05, 3.63) is 95.3 Å². The molecule has 1 atom stereocenters. The average molecular weight is 378 g/mol. The molecule has 1 amide bonds. The molecular formula is C23H20F2N2O. The molecule has 2 heterocycles. The van der Waals surface area contributed by atoms with Crippen molar-refractivity contribution in [2.75, 3.05) is 6.54 Å². The van der Waals surface area contributed by atoms with Crippen molar-refractivity contribution in [2.24, 2.45) is 0 Å². The summed E-state index contributed by atoms with van der Waals surface area (Å²) in [6, 6.07) is 16.4. The molecule has 0 N–H and O–H groups in total. The summed E-state index contributed by atoms with van der Waals surface area (Å²) in [5.74, 6) is -0.592. The molecule has 0 radical (unpaired) electrons. The Morgan fingerprint density at radius 2 is 1.71 bits per heavy atom. The van der Waals surface area contributed by atoms with Crippen molar-refractivity contribution in [3.63, 3.8) is 0 Å². The zero-order valence-electron chi connectivity index (χ0n) is 15.3. The fourth-order valence-corrected chi connectivity index (χ4v) is 4.41. The van der Waals surface area contributed by atoms with E-state index < -0.39 is 5.41 Å². The second-order valence-corrected chi connectivity index (χ2v) is 7.67. The van der Waals surface area contributed by atoms with E-state index in [0.29, 0.717) is 13.1 Å². The van der Waals surface area contributed by atoms with Gasteiger partial charge in [0.2, 0.25) is 5.91 Å². The molecule has 28 heavy (non-hydrogen) atoms. The number of halogens is 2. The van der Waals surface area contributed by atoms with Crippen molar-refractivity contribution < 1.29 is 13.6 Å². The number of hydrogen-bond donors (Lipinski definition) is 0. The van der Waals surface area contributed by atoms with Gasteiger partial charge < -0.3 is 9.47 Å². The number of carbonyl (C=O) groups is 1. The SMILES string of the molecule is O=C(N1CCn2cccc2C1c1ccc(F)cc1)C1(c2cccc(F)c2)CC1. The highest BCUT2D eigenvalue weighted by molar-refractivity contribution is 5.92. The summed E-state index contributed by atoms with van der Waals surface area (Å²) in [5, 5.41) is 0. The largest absolute Gasteiger partial charge is 0.348 e. The lowest BCUT2D eigenvalue weighted by atomic mass is 9.91. The van der Waals surface area contributed by atoms with Crippen LogP contribution < -0.4 is 0 Å². The lowest BCUT2D eigenvalue weighted by molar-refractivity contribution is -0.136. The highest BCUT2D eigenvalue weighted by Crippen LogP contribution is 2.51. The van der Waals surface area contributed by atoms with E-state index in [-0.39, 0.29) is 23.6 Å². The van der Waals surface area contributed by atoms with E-state index in [4.69, 9.17) is 0 Å². The summed E-state index contributed by atoms with van der Waals surface area (Å²) in [5.41, 5.74) is 2.00. The quantitative estimate of drug-likeness (QED) is 0.662. The number of aromatic nitrogens is 1. The van der Waals surface area contributed by atoms with Gasteiger partial charge in [0.25, 0.3) is 0 Å². The predicted molar refractivity (Wildman–Crippen MR) is 102 cm³/mol. The van der Waals surface area contributed by atoms with Crippen LogP contribution in [0.3, 0.4) is 0 Å². The van der Waals surface area contributed by atoms with Crippen molar-refractivity contribution in [1.29, 1.82) is 0 Å². The van der Waals surface area contributed by atoms with Crippen LogP contribution in [0.15, 0.2) is 66.9 Å². The van der Waals surface area contributed by atoms with Crippen LogP contribution in [0.1, 0.15) is 35.7 Å². The Hall–Kier alpha value is -2.95.